The summed E-state index contributed by atoms with van der Waals surface area (Å²) in [5.74, 6) is 0.230. The van der Waals surface area contributed by atoms with E-state index in [1.807, 2.05) is 6.92 Å². The minimum atomic E-state index is -0.0836. The van der Waals surface area contributed by atoms with Gasteiger partial charge >= 0.3 is 0 Å². The quantitative estimate of drug-likeness (QED) is 0.632. The Hall–Kier alpha value is -1.16. The van der Waals surface area contributed by atoms with Gasteiger partial charge in [0, 0.05) is 5.69 Å². The van der Waals surface area contributed by atoms with Crippen LogP contribution in [0.25, 0.3) is 0 Å². The molecule has 1 aromatic rings. The molecule has 4 heteroatoms. The molecule has 0 aliphatic carbocycles. The molecule has 0 aliphatic rings. The maximum absolute atomic E-state index is 8.74. The topological polar surface area (TPSA) is 72.0 Å². The number of nitrogen functional groups attached to an aromatic ring is 1. The molecular formula is C7H11N3O. The van der Waals surface area contributed by atoms with Crippen molar-refractivity contribution in [3.8, 4) is 0 Å². The van der Waals surface area contributed by atoms with Gasteiger partial charge in [-0.3, -0.25) is 0 Å². The molecule has 0 saturated heterocycles. The van der Waals surface area contributed by atoms with E-state index in [4.69, 9.17) is 10.8 Å². The average Bonchev–Trinajstić information content (AvgIpc) is 2.03. The van der Waals surface area contributed by atoms with Crippen LogP contribution in [-0.4, -0.2) is 15.1 Å². The summed E-state index contributed by atoms with van der Waals surface area (Å²) in [6, 6.07) is 1.75. The van der Waals surface area contributed by atoms with Crippen LogP contribution in [0.4, 0.5) is 5.95 Å². The molecule has 1 aromatic heterocycles. The zero-order valence-corrected chi connectivity index (χ0v) is 6.41. The molecule has 0 saturated carbocycles. The van der Waals surface area contributed by atoms with E-state index in [-0.39, 0.29) is 12.6 Å². The molecule has 0 spiro atoms. The van der Waals surface area contributed by atoms with Gasteiger partial charge in [-0.25, -0.2) is 9.97 Å². The molecule has 0 atom stereocenters. The van der Waals surface area contributed by atoms with Crippen molar-refractivity contribution in [1.29, 1.82) is 0 Å². The van der Waals surface area contributed by atoms with Crippen molar-refractivity contribution in [2.75, 3.05) is 5.73 Å². The summed E-state index contributed by atoms with van der Waals surface area (Å²) in [7, 11) is 0. The first-order valence-corrected chi connectivity index (χ1v) is 3.49. The monoisotopic (exact) mass is 153 g/mol. The Balaban J connectivity index is 3.02. The second kappa shape index (κ2) is 3.30. The van der Waals surface area contributed by atoms with E-state index < -0.39 is 0 Å². The Morgan fingerprint density at radius 2 is 2.09 bits per heavy atom. The fraction of sp³-hybridized carbons (Fsp3) is 0.429. The van der Waals surface area contributed by atoms with Crippen LogP contribution in [-0.2, 0) is 13.0 Å². The highest BCUT2D eigenvalue weighted by atomic mass is 16.3. The van der Waals surface area contributed by atoms with Gasteiger partial charge in [-0.05, 0) is 12.5 Å². The van der Waals surface area contributed by atoms with Crippen molar-refractivity contribution in [3.05, 3.63) is 17.5 Å². The summed E-state index contributed by atoms with van der Waals surface area (Å²) in [5, 5.41) is 8.74. The summed E-state index contributed by atoms with van der Waals surface area (Å²) in [5.41, 5.74) is 6.82. The van der Waals surface area contributed by atoms with Gasteiger partial charge in [0.1, 0.15) is 0 Å². The van der Waals surface area contributed by atoms with Crippen LogP contribution in [0, 0.1) is 0 Å². The predicted octanol–water partition coefficient (Wildman–Crippen LogP) is 0.113. The standard InChI is InChI=1S/C7H11N3O/c1-2-5-3-6(4-11)10-7(8)9-5/h3,11H,2,4H2,1H3,(H2,8,9,10). The second-order valence-electron chi connectivity index (χ2n) is 2.22. The molecule has 0 bridgehead atoms. The number of nitrogens with zero attached hydrogens (tertiary/aromatic N) is 2. The largest absolute Gasteiger partial charge is 0.390 e. The number of aliphatic hydroxyl groups excluding tert-OH is 1. The molecule has 1 rings (SSSR count). The lowest BCUT2D eigenvalue weighted by molar-refractivity contribution is 0.276. The van der Waals surface area contributed by atoms with E-state index in [0.717, 1.165) is 12.1 Å². The Labute approximate surface area is 65.1 Å². The van der Waals surface area contributed by atoms with Gasteiger partial charge in [-0.15, -0.1) is 0 Å². The van der Waals surface area contributed by atoms with Crippen LogP contribution in [0.15, 0.2) is 6.07 Å². The molecule has 0 aromatic carbocycles. The third-order valence-electron chi connectivity index (χ3n) is 1.37. The van der Waals surface area contributed by atoms with Crippen molar-refractivity contribution in [2.24, 2.45) is 0 Å². The number of aromatic nitrogens is 2. The normalized spacial score (nSPS) is 10.0. The van der Waals surface area contributed by atoms with Crippen LogP contribution in [0.1, 0.15) is 18.3 Å². The number of rotatable bonds is 2. The van der Waals surface area contributed by atoms with Crippen molar-refractivity contribution in [3.63, 3.8) is 0 Å². The molecule has 60 valence electrons. The van der Waals surface area contributed by atoms with Crippen LogP contribution >= 0.6 is 0 Å². The maximum atomic E-state index is 8.74. The zero-order chi connectivity index (χ0) is 8.27. The van der Waals surface area contributed by atoms with Crippen LogP contribution in [0.2, 0.25) is 0 Å². The van der Waals surface area contributed by atoms with E-state index in [9.17, 15) is 0 Å². The van der Waals surface area contributed by atoms with Crippen LogP contribution in [0.3, 0.4) is 0 Å². The summed E-state index contributed by atoms with van der Waals surface area (Å²) in [6.07, 6.45) is 0.805. The third-order valence-corrected chi connectivity index (χ3v) is 1.37. The summed E-state index contributed by atoms with van der Waals surface area (Å²) >= 11 is 0. The van der Waals surface area contributed by atoms with E-state index in [1.54, 1.807) is 6.07 Å². The van der Waals surface area contributed by atoms with Crippen LogP contribution in [0.5, 0.6) is 0 Å². The fourth-order valence-corrected chi connectivity index (χ4v) is 0.838. The van der Waals surface area contributed by atoms with Crippen molar-refractivity contribution >= 4 is 5.95 Å². The highest BCUT2D eigenvalue weighted by molar-refractivity contribution is 5.22. The summed E-state index contributed by atoms with van der Waals surface area (Å²) < 4.78 is 0. The number of anilines is 1. The van der Waals surface area contributed by atoms with Gasteiger partial charge in [0.05, 0.1) is 12.3 Å². The molecule has 0 radical (unpaired) electrons. The molecule has 3 N–H and O–H groups in total. The maximum Gasteiger partial charge on any atom is 0.220 e. The Morgan fingerprint density at radius 3 is 2.64 bits per heavy atom. The predicted molar refractivity (Wildman–Crippen MR) is 41.7 cm³/mol. The number of nitrogens with two attached hydrogens (primary N) is 1. The number of aryl methyl sites for hydroxylation is 1. The van der Waals surface area contributed by atoms with Gasteiger partial charge in [-0.2, -0.15) is 0 Å². The molecule has 0 amide bonds. The fourth-order valence-electron chi connectivity index (χ4n) is 0.838. The van der Waals surface area contributed by atoms with Gasteiger partial charge in [-0.1, -0.05) is 6.92 Å². The lowest BCUT2D eigenvalue weighted by Gasteiger charge is -2.00. The first-order valence-electron chi connectivity index (χ1n) is 3.49. The Kier molecular flexibility index (Phi) is 2.38. The first kappa shape index (κ1) is 7.94. The molecule has 1 heterocycles. The number of hydrogen-bond acceptors (Lipinski definition) is 4. The lowest BCUT2D eigenvalue weighted by Crippen LogP contribution is -2.02. The van der Waals surface area contributed by atoms with Crippen molar-refractivity contribution < 1.29 is 5.11 Å². The number of hydrogen-bond donors (Lipinski definition) is 2. The molecule has 11 heavy (non-hydrogen) atoms. The SMILES string of the molecule is CCc1cc(CO)nc(N)n1. The van der Waals surface area contributed by atoms with Crippen molar-refractivity contribution in [2.45, 2.75) is 20.0 Å². The zero-order valence-electron chi connectivity index (χ0n) is 6.41. The third kappa shape index (κ3) is 1.88. The summed E-state index contributed by atoms with van der Waals surface area (Å²) in [4.78, 5) is 7.77. The first-order chi connectivity index (χ1) is 5.26. The van der Waals surface area contributed by atoms with E-state index in [0.29, 0.717) is 5.69 Å². The van der Waals surface area contributed by atoms with E-state index >= 15 is 0 Å². The van der Waals surface area contributed by atoms with E-state index in [1.165, 1.54) is 0 Å². The summed E-state index contributed by atoms with van der Waals surface area (Å²) in [6.45, 7) is 1.89. The van der Waals surface area contributed by atoms with Gasteiger partial charge in [0.2, 0.25) is 5.95 Å². The highest BCUT2D eigenvalue weighted by Gasteiger charge is 1.98. The Bertz CT molecular complexity index is 227. The molecule has 4 nitrogen and oxygen atoms in total. The van der Waals surface area contributed by atoms with Crippen LogP contribution < -0.4 is 5.73 Å². The second-order valence-corrected chi connectivity index (χ2v) is 2.22. The van der Waals surface area contributed by atoms with Crippen molar-refractivity contribution in [1.82, 2.24) is 9.97 Å². The lowest BCUT2D eigenvalue weighted by atomic mass is 10.3. The average molecular weight is 153 g/mol. The smallest absolute Gasteiger partial charge is 0.220 e. The minimum absolute atomic E-state index is 0.0836. The molecular weight excluding hydrogens is 142 g/mol. The number of aliphatic hydroxyl groups is 1. The highest BCUT2D eigenvalue weighted by Crippen LogP contribution is 2.02. The Morgan fingerprint density at radius 1 is 1.45 bits per heavy atom. The minimum Gasteiger partial charge on any atom is -0.390 e. The van der Waals surface area contributed by atoms with Gasteiger partial charge in [0.15, 0.2) is 0 Å². The molecule has 0 aliphatic heterocycles. The molecule has 0 fully saturated rings. The van der Waals surface area contributed by atoms with E-state index in [2.05, 4.69) is 9.97 Å². The van der Waals surface area contributed by atoms with Gasteiger partial charge in [0.25, 0.3) is 0 Å². The molecule has 0 unspecified atom stereocenters. The van der Waals surface area contributed by atoms with Gasteiger partial charge < -0.3 is 10.8 Å².